The molecule has 0 saturated carbocycles. The number of aliphatic carboxylic acids is 1. The van der Waals surface area contributed by atoms with Gasteiger partial charge in [-0.3, -0.25) is 0 Å². The second kappa shape index (κ2) is 4.36. The number of allylic oxidation sites excluding steroid dienone is 1. The number of rotatable bonds is 4. The average molecular weight is 216 g/mol. The molecule has 0 spiro atoms. The smallest absolute Gasteiger partial charge is 0.341 e. The lowest BCUT2D eigenvalue weighted by atomic mass is 9.91. The number of thioether (sulfide) groups is 1. The number of hydrogen-bond acceptors (Lipinski definition) is 3. The fourth-order valence-electron chi connectivity index (χ4n) is 1.64. The number of carbonyl (C=O) groups is 1. The fourth-order valence-corrected chi connectivity index (χ4v) is 2.98. The van der Waals surface area contributed by atoms with Crippen molar-refractivity contribution in [3.05, 3.63) is 11.0 Å². The molecule has 1 atom stereocenters. The Kier molecular flexibility index (Phi) is 3.61. The van der Waals surface area contributed by atoms with Crippen molar-refractivity contribution in [3.8, 4) is 0 Å². The van der Waals surface area contributed by atoms with E-state index >= 15 is 0 Å². The predicted octanol–water partition coefficient (Wildman–Crippen LogP) is 2.01. The van der Waals surface area contributed by atoms with E-state index in [1.165, 1.54) is 11.8 Å². The van der Waals surface area contributed by atoms with Crippen LogP contribution in [0.5, 0.6) is 0 Å². The molecule has 1 heterocycles. The first kappa shape index (κ1) is 11.6. The Balaban J connectivity index is 2.65. The van der Waals surface area contributed by atoms with Crippen LogP contribution in [0.1, 0.15) is 33.1 Å². The SMILES string of the molecule is CCC(O)(CC)C1CC=C(C(=O)O)S1. The van der Waals surface area contributed by atoms with Crippen molar-refractivity contribution < 1.29 is 15.0 Å². The third kappa shape index (κ3) is 2.12. The Morgan fingerprint density at radius 2 is 2.21 bits per heavy atom. The molecule has 80 valence electrons. The fraction of sp³-hybridized carbons (Fsp3) is 0.700. The molecule has 1 rings (SSSR count). The zero-order valence-electron chi connectivity index (χ0n) is 8.49. The molecule has 1 aliphatic rings. The lowest BCUT2D eigenvalue weighted by Gasteiger charge is -2.31. The summed E-state index contributed by atoms with van der Waals surface area (Å²) in [5, 5.41) is 19.0. The van der Waals surface area contributed by atoms with E-state index in [2.05, 4.69) is 0 Å². The number of aliphatic hydroxyl groups is 1. The van der Waals surface area contributed by atoms with Gasteiger partial charge in [0, 0.05) is 5.25 Å². The van der Waals surface area contributed by atoms with Crippen LogP contribution in [0.25, 0.3) is 0 Å². The largest absolute Gasteiger partial charge is 0.477 e. The van der Waals surface area contributed by atoms with Gasteiger partial charge in [0.1, 0.15) is 0 Å². The standard InChI is InChI=1S/C10H16O3S/c1-3-10(13,4-2)8-6-5-7(14-8)9(11)12/h5,8,13H,3-4,6H2,1-2H3,(H,11,12). The topological polar surface area (TPSA) is 57.5 Å². The Labute approximate surface area is 88.2 Å². The van der Waals surface area contributed by atoms with Crippen molar-refractivity contribution in [2.45, 2.75) is 44.0 Å². The van der Waals surface area contributed by atoms with Crippen molar-refractivity contribution in [2.75, 3.05) is 0 Å². The molecule has 1 aliphatic heterocycles. The Morgan fingerprint density at radius 3 is 2.57 bits per heavy atom. The van der Waals surface area contributed by atoms with Gasteiger partial charge < -0.3 is 10.2 Å². The third-order valence-corrected chi connectivity index (χ3v) is 4.33. The molecule has 2 N–H and O–H groups in total. The molecule has 4 heteroatoms. The van der Waals surface area contributed by atoms with Crippen molar-refractivity contribution in [1.29, 1.82) is 0 Å². The van der Waals surface area contributed by atoms with Crippen LogP contribution in [0.3, 0.4) is 0 Å². The number of carboxylic acid groups (broad SMARTS) is 1. The highest BCUT2D eigenvalue weighted by atomic mass is 32.2. The Bertz CT molecular complexity index is 256. The summed E-state index contributed by atoms with van der Waals surface area (Å²) in [5.74, 6) is -0.882. The maximum absolute atomic E-state index is 10.7. The zero-order chi connectivity index (χ0) is 10.8. The van der Waals surface area contributed by atoms with Crippen LogP contribution in [0, 0.1) is 0 Å². The first-order valence-electron chi connectivity index (χ1n) is 4.86. The Hall–Kier alpha value is -0.480. The maximum Gasteiger partial charge on any atom is 0.341 e. The van der Waals surface area contributed by atoms with Crippen LogP contribution in [-0.2, 0) is 4.79 Å². The minimum atomic E-state index is -0.882. The summed E-state index contributed by atoms with van der Waals surface area (Å²) in [6.07, 6.45) is 3.70. The van der Waals surface area contributed by atoms with E-state index in [1.807, 2.05) is 13.8 Å². The first-order valence-corrected chi connectivity index (χ1v) is 5.74. The van der Waals surface area contributed by atoms with Gasteiger partial charge in [0.25, 0.3) is 0 Å². The van der Waals surface area contributed by atoms with E-state index in [1.54, 1.807) is 6.08 Å². The van der Waals surface area contributed by atoms with Gasteiger partial charge in [-0.2, -0.15) is 0 Å². The van der Waals surface area contributed by atoms with Crippen molar-refractivity contribution in [1.82, 2.24) is 0 Å². The second-order valence-electron chi connectivity index (χ2n) is 3.53. The number of hydrogen-bond donors (Lipinski definition) is 2. The molecular formula is C10H16O3S. The number of carboxylic acids is 1. The molecule has 0 fully saturated rings. The van der Waals surface area contributed by atoms with E-state index in [9.17, 15) is 9.90 Å². The van der Waals surface area contributed by atoms with Crippen LogP contribution in [0.15, 0.2) is 11.0 Å². The van der Waals surface area contributed by atoms with E-state index in [-0.39, 0.29) is 5.25 Å². The third-order valence-electron chi connectivity index (χ3n) is 2.82. The highest BCUT2D eigenvalue weighted by Gasteiger charge is 2.37. The van der Waals surface area contributed by atoms with Gasteiger partial charge in [-0.1, -0.05) is 19.9 Å². The van der Waals surface area contributed by atoms with Crippen LogP contribution < -0.4 is 0 Å². The highest BCUT2D eigenvalue weighted by Crippen LogP contribution is 2.41. The summed E-state index contributed by atoms with van der Waals surface area (Å²) in [4.78, 5) is 11.1. The molecule has 0 bridgehead atoms. The van der Waals surface area contributed by atoms with Crippen molar-refractivity contribution >= 4 is 17.7 Å². The van der Waals surface area contributed by atoms with Crippen molar-refractivity contribution in [2.24, 2.45) is 0 Å². The monoisotopic (exact) mass is 216 g/mol. The summed E-state index contributed by atoms with van der Waals surface area (Å²) in [6, 6.07) is 0. The lowest BCUT2D eigenvalue weighted by molar-refractivity contribution is -0.131. The summed E-state index contributed by atoms with van der Waals surface area (Å²) in [7, 11) is 0. The van der Waals surface area contributed by atoms with Gasteiger partial charge in [-0.25, -0.2) is 4.79 Å². The van der Waals surface area contributed by atoms with Crippen LogP contribution in [0.2, 0.25) is 0 Å². The lowest BCUT2D eigenvalue weighted by Crippen LogP contribution is -2.37. The summed E-state index contributed by atoms with van der Waals surface area (Å²) < 4.78 is 0. The van der Waals surface area contributed by atoms with E-state index in [0.717, 1.165) is 0 Å². The minimum Gasteiger partial charge on any atom is -0.477 e. The first-order chi connectivity index (χ1) is 6.53. The molecule has 0 amide bonds. The Morgan fingerprint density at radius 1 is 1.64 bits per heavy atom. The molecule has 0 aromatic heterocycles. The van der Waals surface area contributed by atoms with Gasteiger partial charge in [0.15, 0.2) is 0 Å². The van der Waals surface area contributed by atoms with Gasteiger partial charge in [-0.15, -0.1) is 11.8 Å². The normalized spacial score (nSPS) is 22.2. The molecule has 0 saturated heterocycles. The highest BCUT2D eigenvalue weighted by molar-refractivity contribution is 8.04. The molecule has 0 aromatic rings. The summed E-state index contributed by atoms with van der Waals surface area (Å²) >= 11 is 1.29. The van der Waals surface area contributed by atoms with Gasteiger partial charge in [0.2, 0.25) is 0 Å². The van der Waals surface area contributed by atoms with Gasteiger partial charge >= 0.3 is 5.97 Å². The van der Waals surface area contributed by atoms with Crippen LogP contribution in [-0.4, -0.2) is 27.0 Å². The van der Waals surface area contributed by atoms with E-state index < -0.39 is 11.6 Å². The molecule has 0 radical (unpaired) electrons. The molecule has 3 nitrogen and oxygen atoms in total. The predicted molar refractivity (Wildman–Crippen MR) is 57.2 cm³/mol. The van der Waals surface area contributed by atoms with Crippen LogP contribution >= 0.6 is 11.8 Å². The van der Waals surface area contributed by atoms with Gasteiger partial charge in [0.05, 0.1) is 10.5 Å². The van der Waals surface area contributed by atoms with Gasteiger partial charge in [-0.05, 0) is 19.3 Å². The molecule has 1 unspecified atom stereocenters. The maximum atomic E-state index is 10.7. The van der Waals surface area contributed by atoms with Crippen molar-refractivity contribution in [3.63, 3.8) is 0 Å². The molecule has 0 aliphatic carbocycles. The summed E-state index contributed by atoms with van der Waals surface area (Å²) in [6.45, 7) is 3.87. The van der Waals surface area contributed by atoms with E-state index in [0.29, 0.717) is 24.2 Å². The molecular weight excluding hydrogens is 200 g/mol. The molecule has 14 heavy (non-hydrogen) atoms. The minimum absolute atomic E-state index is 0.00333. The zero-order valence-corrected chi connectivity index (χ0v) is 9.30. The van der Waals surface area contributed by atoms with E-state index in [4.69, 9.17) is 5.11 Å². The van der Waals surface area contributed by atoms with Crippen LogP contribution in [0.4, 0.5) is 0 Å². The average Bonchev–Trinajstić information content (AvgIpc) is 2.66. The second-order valence-corrected chi connectivity index (χ2v) is 4.77. The molecule has 0 aromatic carbocycles. The summed E-state index contributed by atoms with van der Waals surface area (Å²) in [5.41, 5.74) is -0.724. The quantitative estimate of drug-likeness (QED) is 0.754.